The summed E-state index contributed by atoms with van der Waals surface area (Å²) in [5, 5.41) is 0. The molecule has 0 bridgehead atoms. The minimum absolute atomic E-state index is 0.382. The SMILES string of the molecule is Cc1cc(C)c(CC(NN)C2CCCC2(C)C)c(C)c1. The smallest absolute Gasteiger partial charge is 0.0284 e. The van der Waals surface area contributed by atoms with Crippen LogP contribution in [-0.2, 0) is 6.42 Å². The second-order valence-electron chi connectivity index (χ2n) is 7.34. The predicted molar refractivity (Wildman–Crippen MR) is 86.6 cm³/mol. The topological polar surface area (TPSA) is 38.0 Å². The Balaban J connectivity index is 2.23. The largest absolute Gasteiger partial charge is 0.271 e. The third kappa shape index (κ3) is 3.07. The van der Waals surface area contributed by atoms with Crippen LogP contribution in [0.25, 0.3) is 0 Å². The molecule has 2 rings (SSSR count). The second kappa shape index (κ2) is 5.87. The Morgan fingerprint density at radius 1 is 1.25 bits per heavy atom. The Morgan fingerprint density at radius 3 is 2.30 bits per heavy atom. The van der Waals surface area contributed by atoms with Crippen molar-refractivity contribution in [2.75, 3.05) is 0 Å². The van der Waals surface area contributed by atoms with Crippen LogP contribution in [-0.4, -0.2) is 6.04 Å². The van der Waals surface area contributed by atoms with Crippen molar-refractivity contribution in [2.24, 2.45) is 17.2 Å². The van der Waals surface area contributed by atoms with Crippen LogP contribution in [0.1, 0.15) is 55.4 Å². The van der Waals surface area contributed by atoms with Gasteiger partial charge in [-0.15, -0.1) is 0 Å². The second-order valence-corrected chi connectivity index (χ2v) is 7.34. The summed E-state index contributed by atoms with van der Waals surface area (Å²) in [4.78, 5) is 0. The van der Waals surface area contributed by atoms with Gasteiger partial charge in [0.2, 0.25) is 0 Å². The van der Waals surface area contributed by atoms with Crippen LogP contribution >= 0.6 is 0 Å². The van der Waals surface area contributed by atoms with Gasteiger partial charge >= 0.3 is 0 Å². The Hall–Kier alpha value is -0.860. The molecule has 2 atom stereocenters. The van der Waals surface area contributed by atoms with Gasteiger partial charge in [-0.05, 0) is 68.1 Å². The van der Waals surface area contributed by atoms with Crippen LogP contribution in [0.15, 0.2) is 12.1 Å². The van der Waals surface area contributed by atoms with Gasteiger partial charge in [0.05, 0.1) is 0 Å². The van der Waals surface area contributed by atoms with Crippen LogP contribution in [0.5, 0.6) is 0 Å². The van der Waals surface area contributed by atoms with Crippen molar-refractivity contribution >= 4 is 0 Å². The van der Waals surface area contributed by atoms with Crippen LogP contribution in [0.2, 0.25) is 0 Å². The van der Waals surface area contributed by atoms with Crippen LogP contribution < -0.4 is 11.3 Å². The highest BCUT2D eigenvalue weighted by atomic mass is 15.2. The molecule has 1 aliphatic carbocycles. The first kappa shape index (κ1) is 15.5. The molecule has 1 aliphatic rings. The van der Waals surface area contributed by atoms with Crippen molar-refractivity contribution in [1.82, 2.24) is 5.43 Å². The van der Waals surface area contributed by atoms with Crippen molar-refractivity contribution in [3.05, 3.63) is 34.4 Å². The summed E-state index contributed by atoms with van der Waals surface area (Å²) < 4.78 is 0. The van der Waals surface area contributed by atoms with E-state index in [1.807, 2.05) is 0 Å². The zero-order chi connectivity index (χ0) is 14.9. The summed E-state index contributed by atoms with van der Waals surface area (Å²) in [5.74, 6) is 6.58. The molecule has 112 valence electrons. The van der Waals surface area contributed by atoms with E-state index in [1.54, 1.807) is 0 Å². The van der Waals surface area contributed by atoms with Gasteiger partial charge in [0.25, 0.3) is 0 Å². The number of hydrogen-bond acceptors (Lipinski definition) is 2. The van der Waals surface area contributed by atoms with Gasteiger partial charge in [0.15, 0.2) is 0 Å². The summed E-state index contributed by atoms with van der Waals surface area (Å²) in [5.41, 5.74) is 9.15. The molecule has 1 aromatic carbocycles. The number of rotatable bonds is 4. The van der Waals surface area contributed by atoms with Gasteiger partial charge in [0, 0.05) is 6.04 Å². The number of benzene rings is 1. The molecule has 1 aromatic rings. The lowest BCUT2D eigenvalue weighted by molar-refractivity contribution is 0.196. The fraction of sp³-hybridized carbons (Fsp3) is 0.667. The van der Waals surface area contributed by atoms with E-state index in [-0.39, 0.29) is 0 Å². The molecule has 1 fully saturated rings. The van der Waals surface area contributed by atoms with E-state index >= 15 is 0 Å². The van der Waals surface area contributed by atoms with E-state index in [0.717, 1.165) is 6.42 Å². The summed E-state index contributed by atoms with van der Waals surface area (Å²) >= 11 is 0. The zero-order valence-electron chi connectivity index (χ0n) is 13.7. The highest BCUT2D eigenvalue weighted by Crippen LogP contribution is 2.45. The molecule has 2 unspecified atom stereocenters. The maximum atomic E-state index is 5.90. The van der Waals surface area contributed by atoms with Crippen molar-refractivity contribution < 1.29 is 0 Å². The fourth-order valence-electron chi connectivity index (χ4n) is 4.17. The summed E-state index contributed by atoms with van der Waals surface area (Å²) in [7, 11) is 0. The first-order valence-electron chi connectivity index (χ1n) is 7.88. The van der Waals surface area contributed by atoms with E-state index in [4.69, 9.17) is 5.84 Å². The van der Waals surface area contributed by atoms with Crippen molar-refractivity contribution in [3.8, 4) is 0 Å². The van der Waals surface area contributed by atoms with Crippen molar-refractivity contribution in [2.45, 2.75) is 66.3 Å². The monoisotopic (exact) mass is 274 g/mol. The average molecular weight is 274 g/mol. The molecule has 0 aromatic heterocycles. The Morgan fingerprint density at radius 2 is 1.85 bits per heavy atom. The lowest BCUT2D eigenvalue weighted by Crippen LogP contribution is -2.46. The molecule has 0 aliphatic heterocycles. The standard InChI is InChI=1S/C18H30N2/c1-12-9-13(2)15(14(3)10-12)11-17(20-19)16-7-6-8-18(16,4)5/h9-10,16-17,20H,6-8,11,19H2,1-5H3. The van der Waals surface area contributed by atoms with E-state index in [9.17, 15) is 0 Å². The molecule has 2 heteroatoms. The molecular formula is C18H30N2. The van der Waals surface area contributed by atoms with Gasteiger partial charge in [0.1, 0.15) is 0 Å². The quantitative estimate of drug-likeness (QED) is 0.647. The van der Waals surface area contributed by atoms with Crippen LogP contribution in [0.3, 0.4) is 0 Å². The molecule has 0 saturated heterocycles. The van der Waals surface area contributed by atoms with Crippen molar-refractivity contribution in [3.63, 3.8) is 0 Å². The van der Waals surface area contributed by atoms with Gasteiger partial charge in [-0.1, -0.05) is 38.0 Å². The lowest BCUT2D eigenvalue weighted by atomic mass is 9.75. The lowest BCUT2D eigenvalue weighted by Gasteiger charge is -2.34. The number of aryl methyl sites for hydroxylation is 3. The number of nitrogens with one attached hydrogen (secondary N) is 1. The minimum Gasteiger partial charge on any atom is -0.271 e. The fourth-order valence-corrected chi connectivity index (χ4v) is 4.17. The summed E-state index contributed by atoms with van der Waals surface area (Å²) in [6, 6.07) is 4.96. The van der Waals surface area contributed by atoms with Crippen molar-refractivity contribution in [1.29, 1.82) is 0 Å². The Kier molecular flexibility index (Phi) is 4.55. The molecule has 20 heavy (non-hydrogen) atoms. The summed E-state index contributed by atoms with van der Waals surface area (Å²) in [6.07, 6.45) is 5.00. The maximum absolute atomic E-state index is 5.90. The van der Waals surface area contributed by atoms with Gasteiger partial charge in [-0.3, -0.25) is 11.3 Å². The zero-order valence-corrected chi connectivity index (χ0v) is 13.7. The minimum atomic E-state index is 0.382. The van der Waals surface area contributed by atoms with Gasteiger partial charge in [-0.25, -0.2) is 0 Å². The summed E-state index contributed by atoms with van der Waals surface area (Å²) in [6.45, 7) is 11.4. The molecule has 0 spiro atoms. The number of nitrogens with two attached hydrogens (primary N) is 1. The van der Waals surface area contributed by atoms with Crippen LogP contribution in [0, 0.1) is 32.1 Å². The Bertz CT molecular complexity index is 453. The molecular weight excluding hydrogens is 244 g/mol. The van der Waals surface area contributed by atoms with E-state index in [1.165, 1.54) is 41.5 Å². The van der Waals surface area contributed by atoms with Gasteiger partial charge < -0.3 is 0 Å². The first-order chi connectivity index (χ1) is 9.35. The highest BCUT2D eigenvalue weighted by molar-refractivity contribution is 5.38. The number of hydrazine groups is 1. The third-order valence-corrected chi connectivity index (χ3v) is 5.30. The molecule has 0 amide bonds. The van der Waals surface area contributed by atoms with E-state index in [0.29, 0.717) is 17.4 Å². The molecule has 0 heterocycles. The third-order valence-electron chi connectivity index (χ3n) is 5.30. The highest BCUT2D eigenvalue weighted by Gasteiger charge is 2.39. The normalized spacial score (nSPS) is 23.0. The first-order valence-corrected chi connectivity index (χ1v) is 7.88. The van der Waals surface area contributed by atoms with E-state index in [2.05, 4.69) is 52.2 Å². The average Bonchev–Trinajstić information content (AvgIpc) is 2.68. The molecule has 3 N–H and O–H groups in total. The van der Waals surface area contributed by atoms with E-state index < -0.39 is 0 Å². The molecule has 0 radical (unpaired) electrons. The van der Waals surface area contributed by atoms with Crippen LogP contribution in [0.4, 0.5) is 0 Å². The molecule has 2 nitrogen and oxygen atoms in total. The Labute approximate surface area is 124 Å². The van der Waals surface area contributed by atoms with Gasteiger partial charge in [-0.2, -0.15) is 0 Å². The molecule has 1 saturated carbocycles. The predicted octanol–water partition coefficient (Wildman–Crippen LogP) is 3.81. The number of hydrogen-bond donors (Lipinski definition) is 2. The maximum Gasteiger partial charge on any atom is 0.0284 e.